The van der Waals surface area contributed by atoms with Gasteiger partial charge in [-0.3, -0.25) is 0 Å². The number of aromatic nitrogens is 2. The van der Waals surface area contributed by atoms with Crippen LogP contribution in [0.15, 0.2) is 4.52 Å². The van der Waals surface area contributed by atoms with E-state index < -0.39 is 0 Å². The van der Waals surface area contributed by atoms with Crippen molar-refractivity contribution < 1.29 is 4.52 Å². The van der Waals surface area contributed by atoms with E-state index in [2.05, 4.69) is 21.4 Å². The lowest BCUT2D eigenvalue weighted by Crippen LogP contribution is -2.28. The average Bonchev–Trinajstić information content (AvgIpc) is 2.59. The number of nitrogens with one attached hydrogen (secondary N) is 1. The molecule has 1 aromatic heterocycles. The van der Waals surface area contributed by atoms with Gasteiger partial charge in [0.1, 0.15) is 0 Å². The minimum absolute atomic E-state index is 0.138. The molecule has 0 spiro atoms. The summed E-state index contributed by atoms with van der Waals surface area (Å²) in [6.45, 7) is 4.62. The first-order valence-electron chi connectivity index (χ1n) is 4.75. The summed E-state index contributed by atoms with van der Waals surface area (Å²) >= 11 is 0. The second-order valence-electron chi connectivity index (χ2n) is 3.07. The number of nitrogens with zero attached hydrogens (tertiary/aromatic N) is 2. The first-order chi connectivity index (χ1) is 6.76. The quantitative estimate of drug-likeness (QED) is 0.706. The van der Waals surface area contributed by atoms with Crippen LogP contribution in [0.1, 0.15) is 25.1 Å². The van der Waals surface area contributed by atoms with Crippen LogP contribution in [0.5, 0.6) is 0 Å². The molecule has 0 aliphatic carbocycles. The number of hydrogen-bond acceptors (Lipinski definition) is 4. The summed E-state index contributed by atoms with van der Waals surface area (Å²) in [5.74, 6) is 3.99. The van der Waals surface area contributed by atoms with E-state index in [0.717, 1.165) is 19.4 Å². The van der Waals surface area contributed by atoms with Crippen LogP contribution in [0.2, 0.25) is 0 Å². The molecule has 0 aliphatic heterocycles. The van der Waals surface area contributed by atoms with Crippen LogP contribution >= 0.6 is 0 Å². The zero-order chi connectivity index (χ0) is 10.4. The Bertz CT molecular complexity index is 313. The summed E-state index contributed by atoms with van der Waals surface area (Å²) in [5, 5.41) is 6.91. The molecule has 0 amide bonds. The summed E-state index contributed by atoms with van der Waals surface area (Å²) in [7, 11) is 0. The van der Waals surface area contributed by atoms with E-state index in [1.165, 1.54) is 0 Å². The van der Waals surface area contributed by atoms with E-state index in [4.69, 9.17) is 10.9 Å². The average molecular weight is 193 g/mol. The zero-order valence-corrected chi connectivity index (χ0v) is 8.58. The molecule has 0 aliphatic rings. The minimum Gasteiger partial charge on any atom is -0.339 e. The predicted molar refractivity (Wildman–Crippen MR) is 53.7 cm³/mol. The second-order valence-corrected chi connectivity index (χ2v) is 3.07. The Morgan fingerprint density at radius 3 is 2.93 bits per heavy atom. The molecule has 76 valence electrons. The molecular formula is C10H15N3O. The summed E-state index contributed by atoms with van der Waals surface area (Å²) in [5.41, 5.74) is 0. The van der Waals surface area contributed by atoms with Gasteiger partial charge in [0.15, 0.2) is 5.82 Å². The Morgan fingerprint density at radius 1 is 1.64 bits per heavy atom. The van der Waals surface area contributed by atoms with Crippen molar-refractivity contribution in [1.82, 2.24) is 15.5 Å². The molecule has 0 aromatic carbocycles. The highest BCUT2D eigenvalue weighted by Gasteiger charge is 2.04. The highest BCUT2D eigenvalue weighted by molar-refractivity contribution is 4.98. The Labute approximate surface area is 84.1 Å². The number of rotatable bonds is 5. The third-order valence-electron chi connectivity index (χ3n) is 1.91. The van der Waals surface area contributed by atoms with Crippen molar-refractivity contribution in [3.8, 4) is 12.3 Å². The van der Waals surface area contributed by atoms with Crippen molar-refractivity contribution in [1.29, 1.82) is 0 Å². The number of terminal acetylenes is 1. The van der Waals surface area contributed by atoms with Crippen molar-refractivity contribution in [2.45, 2.75) is 32.7 Å². The summed E-state index contributed by atoms with van der Waals surface area (Å²) < 4.78 is 4.96. The molecule has 1 rings (SSSR count). The van der Waals surface area contributed by atoms with E-state index in [0.29, 0.717) is 11.7 Å². The summed E-state index contributed by atoms with van der Waals surface area (Å²) in [6.07, 6.45) is 6.95. The molecule has 0 radical (unpaired) electrons. The standard InChI is InChI=1S/C10H15N3O/c1-4-9(5-2)11-7-6-10-12-8(3)13-14-10/h1,9,11H,5-7H2,2-3H3. The van der Waals surface area contributed by atoms with Crippen LogP contribution in [-0.4, -0.2) is 22.7 Å². The first kappa shape index (κ1) is 10.7. The Kier molecular flexibility index (Phi) is 4.14. The van der Waals surface area contributed by atoms with Gasteiger partial charge >= 0.3 is 0 Å². The molecule has 0 saturated heterocycles. The fourth-order valence-electron chi connectivity index (χ4n) is 1.12. The summed E-state index contributed by atoms with van der Waals surface area (Å²) in [6, 6.07) is 0.138. The van der Waals surface area contributed by atoms with Gasteiger partial charge in [-0.05, 0) is 13.3 Å². The maximum atomic E-state index is 5.30. The van der Waals surface area contributed by atoms with Gasteiger partial charge in [0.2, 0.25) is 5.89 Å². The number of aryl methyl sites for hydroxylation is 1. The molecule has 1 unspecified atom stereocenters. The van der Waals surface area contributed by atoms with E-state index in [9.17, 15) is 0 Å². The van der Waals surface area contributed by atoms with Gasteiger partial charge in [-0.25, -0.2) is 0 Å². The van der Waals surface area contributed by atoms with Gasteiger partial charge in [0.05, 0.1) is 6.04 Å². The molecule has 4 heteroatoms. The van der Waals surface area contributed by atoms with Gasteiger partial charge in [-0.1, -0.05) is 18.0 Å². The van der Waals surface area contributed by atoms with Crippen molar-refractivity contribution in [2.24, 2.45) is 0 Å². The van der Waals surface area contributed by atoms with Crippen LogP contribution < -0.4 is 5.32 Å². The lowest BCUT2D eigenvalue weighted by molar-refractivity contribution is 0.371. The molecule has 1 atom stereocenters. The Morgan fingerprint density at radius 2 is 2.43 bits per heavy atom. The van der Waals surface area contributed by atoms with Crippen molar-refractivity contribution in [3.63, 3.8) is 0 Å². The van der Waals surface area contributed by atoms with Crippen LogP contribution in [0, 0.1) is 19.3 Å². The molecule has 4 nitrogen and oxygen atoms in total. The van der Waals surface area contributed by atoms with E-state index in [1.807, 2.05) is 6.92 Å². The van der Waals surface area contributed by atoms with Crippen molar-refractivity contribution in [3.05, 3.63) is 11.7 Å². The van der Waals surface area contributed by atoms with E-state index in [-0.39, 0.29) is 6.04 Å². The maximum absolute atomic E-state index is 5.30. The topological polar surface area (TPSA) is 51.0 Å². The molecular weight excluding hydrogens is 178 g/mol. The van der Waals surface area contributed by atoms with Gasteiger partial charge in [0.25, 0.3) is 0 Å². The van der Waals surface area contributed by atoms with Crippen LogP contribution in [0.3, 0.4) is 0 Å². The lowest BCUT2D eigenvalue weighted by Gasteiger charge is -2.08. The Balaban J connectivity index is 2.25. The van der Waals surface area contributed by atoms with Gasteiger partial charge < -0.3 is 9.84 Å². The van der Waals surface area contributed by atoms with Gasteiger partial charge in [0, 0.05) is 13.0 Å². The van der Waals surface area contributed by atoms with Crippen LogP contribution in [-0.2, 0) is 6.42 Å². The van der Waals surface area contributed by atoms with Crippen LogP contribution in [0.25, 0.3) is 0 Å². The molecule has 0 saturated carbocycles. The molecule has 0 bridgehead atoms. The molecule has 14 heavy (non-hydrogen) atoms. The van der Waals surface area contributed by atoms with E-state index in [1.54, 1.807) is 6.92 Å². The number of hydrogen-bond donors (Lipinski definition) is 1. The second kappa shape index (κ2) is 5.40. The molecule has 1 aromatic rings. The summed E-state index contributed by atoms with van der Waals surface area (Å²) in [4.78, 5) is 4.09. The predicted octanol–water partition coefficient (Wildman–Crippen LogP) is 0.922. The normalized spacial score (nSPS) is 12.4. The smallest absolute Gasteiger partial charge is 0.227 e. The van der Waals surface area contributed by atoms with Gasteiger partial charge in [-0.2, -0.15) is 4.98 Å². The highest BCUT2D eigenvalue weighted by Crippen LogP contribution is 1.96. The maximum Gasteiger partial charge on any atom is 0.227 e. The third-order valence-corrected chi connectivity index (χ3v) is 1.91. The third kappa shape index (κ3) is 3.19. The van der Waals surface area contributed by atoms with Crippen molar-refractivity contribution in [2.75, 3.05) is 6.54 Å². The minimum atomic E-state index is 0.138. The highest BCUT2D eigenvalue weighted by atomic mass is 16.5. The zero-order valence-electron chi connectivity index (χ0n) is 8.58. The molecule has 1 heterocycles. The molecule has 1 N–H and O–H groups in total. The lowest BCUT2D eigenvalue weighted by atomic mass is 10.2. The first-order valence-corrected chi connectivity index (χ1v) is 4.75. The SMILES string of the molecule is C#CC(CC)NCCc1nc(C)no1. The van der Waals surface area contributed by atoms with E-state index >= 15 is 0 Å². The largest absolute Gasteiger partial charge is 0.339 e. The van der Waals surface area contributed by atoms with Gasteiger partial charge in [-0.15, -0.1) is 6.42 Å². The Hall–Kier alpha value is -1.34. The fourth-order valence-corrected chi connectivity index (χ4v) is 1.12. The van der Waals surface area contributed by atoms with Crippen molar-refractivity contribution >= 4 is 0 Å². The molecule has 0 fully saturated rings. The monoisotopic (exact) mass is 193 g/mol. The van der Waals surface area contributed by atoms with Crippen LogP contribution in [0.4, 0.5) is 0 Å². The fraction of sp³-hybridized carbons (Fsp3) is 0.600.